The zero-order valence-electron chi connectivity index (χ0n) is 13.5. The first-order valence-electron chi connectivity index (χ1n) is 8.41. The number of amides is 1. The van der Waals surface area contributed by atoms with Gasteiger partial charge < -0.3 is 9.84 Å². The molecule has 1 aliphatic rings. The number of aromatic nitrogens is 1. The predicted molar refractivity (Wildman–Crippen MR) is 83.3 cm³/mol. The summed E-state index contributed by atoms with van der Waals surface area (Å²) >= 11 is 0. The Morgan fingerprint density at radius 1 is 1.48 bits per heavy atom. The summed E-state index contributed by atoms with van der Waals surface area (Å²) in [6, 6.07) is 2.03. The van der Waals surface area contributed by atoms with Crippen molar-refractivity contribution in [3.8, 4) is 0 Å². The zero-order chi connectivity index (χ0) is 15.2. The Kier molecular flexibility index (Phi) is 5.83. The minimum absolute atomic E-state index is 0.0970. The molecule has 4 nitrogen and oxygen atoms in total. The van der Waals surface area contributed by atoms with Crippen molar-refractivity contribution in [1.29, 1.82) is 0 Å². The largest absolute Gasteiger partial charge is 0.360 e. The molecule has 0 saturated heterocycles. The summed E-state index contributed by atoms with van der Waals surface area (Å²) in [5, 5.41) is 7.01. The molecule has 1 heterocycles. The maximum Gasteiger partial charge on any atom is 0.273 e. The van der Waals surface area contributed by atoms with E-state index >= 15 is 0 Å². The highest BCUT2D eigenvalue weighted by atomic mass is 16.5. The second-order valence-corrected chi connectivity index (χ2v) is 6.45. The van der Waals surface area contributed by atoms with Gasteiger partial charge in [0.1, 0.15) is 5.76 Å². The van der Waals surface area contributed by atoms with Gasteiger partial charge in [-0.15, -0.1) is 0 Å². The van der Waals surface area contributed by atoms with E-state index in [0.717, 1.165) is 31.4 Å². The number of carbonyl (C=O) groups excluding carboxylic acids is 1. The van der Waals surface area contributed by atoms with Crippen LogP contribution in [-0.4, -0.2) is 17.1 Å². The van der Waals surface area contributed by atoms with Gasteiger partial charge in [0.2, 0.25) is 0 Å². The minimum atomic E-state index is -0.0970. The number of unbranched alkanes of at least 4 members (excludes halogenated alkanes) is 1. The molecule has 1 fully saturated rings. The maximum atomic E-state index is 12.2. The Morgan fingerprint density at radius 2 is 2.24 bits per heavy atom. The lowest BCUT2D eigenvalue weighted by molar-refractivity contribution is 0.0920. The van der Waals surface area contributed by atoms with Crippen LogP contribution in [0.15, 0.2) is 10.6 Å². The van der Waals surface area contributed by atoms with Crippen LogP contribution in [0, 0.1) is 5.92 Å². The Bertz CT molecular complexity index is 451. The third-order valence-corrected chi connectivity index (χ3v) is 4.31. The molecule has 2 atom stereocenters. The fourth-order valence-electron chi connectivity index (χ4n) is 2.70. The van der Waals surface area contributed by atoms with Crippen molar-refractivity contribution in [3.63, 3.8) is 0 Å². The normalized spacial score (nSPS) is 17.5. The van der Waals surface area contributed by atoms with Crippen LogP contribution in [0.3, 0.4) is 0 Å². The van der Waals surface area contributed by atoms with E-state index in [1.54, 1.807) is 6.07 Å². The Hall–Kier alpha value is -1.32. The summed E-state index contributed by atoms with van der Waals surface area (Å²) in [4.78, 5) is 12.2. The van der Waals surface area contributed by atoms with Gasteiger partial charge in [-0.05, 0) is 31.6 Å². The molecule has 1 amide bonds. The van der Waals surface area contributed by atoms with Crippen LogP contribution in [0.1, 0.15) is 87.9 Å². The molecule has 0 unspecified atom stereocenters. The summed E-state index contributed by atoms with van der Waals surface area (Å²) in [6.07, 6.45) is 8.03. The van der Waals surface area contributed by atoms with Gasteiger partial charge in [0.05, 0.1) is 0 Å². The van der Waals surface area contributed by atoms with Gasteiger partial charge in [0.25, 0.3) is 5.91 Å². The maximum absolute atomic E-state index is 12.2. The highest BCUT2D eigenvalue weighted by Gasteiger charge is 2.29. The quantitative estimate of drug-likeness (QED) is 0.739. The molecule has 1 aromatic rings. The Labute approximate surface area is 127 Å². The van der Waals surface area contributed by atoms with E-state index in [1.807, 2.05) is 0 Å². The molecule has 0 bridgehead atoms. The molecule has 1 N–H and O–H groups in total. The van der Waals surface area contributed by atoms with Crippen molar-refractivity contribution in [2.75, 3.05) is 0 Å². The number of hydrogen-bond donors (Lipinski definition) is 1. The number of nitrogens with one attached hydrogen (secondary N) is 1. The molecular formula is C17H28N2O2. The van der Waals surface area contributed by atoms with Crippen LogP contribution in [0.2, 0.25) is 0 Å². The van der Waals surface area contributed by atoms with E-state index in [-0.39, 0.29) is 11.9 Å². The van der Waals surface area contributed by atoms with Crippen LogP contribution in [0.25, 0.3) is 0 Å². The van der Waals surface area contributed by atoms with Crippen molar-refractivity contribution in [3.05, 3.63) is 17.5 Å². The van der Waals surface area contributed by atoms with Crippen LogP contribution in [-0.2, 0) is 0 Å². The standard InChI is InChI=1S/C17H28N2O2/c1-4-6-7-12(3)10-14(5-2)18-17(20)15-11-16(21-19-15)13-8-9-13/h11-14H,4-10H2,1-3H3,(H,18,20)/t12-,14+/m1/s1. The lowest BCUT2D eigenvalue weighted by atomic mass is 9.95. The molecular weight excluding hydrogens is 264 g/mol. The third-order valence-electron chi connectivity index (χ3n) is 4.31. The number of hydrogen-bond acceptors (Lipinski definition) is 3. The van der Waals surface area contributed by atoms with E-state index < -0.39 is 0 Å². The summed E-state index contributed by atoms with van der Waals surface area (Å²) in [5.74, 6) is 1.91. The molecule has 0 radical (unpaired) electrons. The van der Waals surface area contributed by atoms with Crippen molar-refractivity contribution in [1.82, 2.24) is 10.5 Å². The predicted octanol–water partition coefficient (Wildman–Crippen LogP) is 4.28. The molecule has 0 aliphatic heterocycles. The Balaban J connectivity index is 1.83. The van der Waals surface area contributed by atoms with Gasteiger partial charge in [-0.1, -0.05) is 45.2 Å². The van der Waals surface area contributed by atoms with Crippen LogP contribution in [0.4, 0.5) is 0 Å². The van der Waals surface area contributed by atoms with Gasteiger partial charge in [-0.2, -0.15) is 0 Å². The van der Waals surface area contributed by atoms with Gasteiger partial charge in [0, 0.05) is 18.0 Å². The lowest BCUT2D eigenvalue weighted by Gasteiger charge is -2.20. The van der Waals surface area contributed by atoms with Crippen molar-refractivity contribution >= 4 is 5.91 Å². The fourth-order valence-corrected chi connectivity index (χ4v) is 2.70. The average molecular weight is 292 g/mol. The van der Waals surface area contributed by atoms with Gasteiger partial charge >= 0.3 is 0 Å². The van der Waals surface area contributed by atoms with Crippen molar-refractivity contribution in [2.24, 2.45) is 5.92 Å². The van der Waals surface area contributed by atoms with Gasteiger partial charge in [0.15, 0.2) is 5.69 Å². The van der Waals surface area contributed by atoms with Crippen molar-refractivity contribution in [2.45, 2.75) is 77.7 Å². The summed E-state index contributed by atoms with van der Waals surface area (Å²) in [6.45, 7) is 6.61. The zero-order valence-corrected chi connectivity index (χ0v) is 13.5. The van der Waals surface area contributed by atoms with E-state index in [4.69, 9.17) is 4.52 Å². The number of rotatable bonds is 9. The molecule has 0 spiro atoms. The fraction of sp³-hybridized carbons (Fsp3) is 0.765. The van der Waals surface area contributed by atoms with Crippen LogP contribution >= 0.6 is 0 Å². The summed E-state index contributed by atoms with van der Waals surface area (Å²) in [5.41, 5.74) is 0.427. The highest BCUT2D eigenvalue weighted by Crippen LogP contribution is 2.40. The second kappa shape index (κ2) is 7.62. The van der Waals surface area contributed by atoms with E-state index in [1.165, 1.54) is 19.3 Å². The molecule has 0 aromatic carbocycles. The Morgan fingerprint density at radius 3 is 2.86 bits per heavy atom. The van der Waals surface area contributed by atoms with Crippen LogP contribution < -0.4 is 5.32 Å². The van der Waals surface area contributed by atoms with Crippen molar-refractivity contribution < 1.29 is 9.32 Å². The number of nitrogens with zero attached hydrogens (tertiary/aromatic N) is 1. The molecule has 1 aliphatic carbocycles. The first-order valence-corrected chi connectivity index (χ1v) is 8.41. The molecule has 21 heavy (non-hydrogen) atoms. The number of carbonyl (C=O) groups is 1. The summed E-state index contributed by atoms with van der Waals surface area (Å²) < 4.78 is 5.25. The topological polar surface area (TPSA) is 55.1 Å². The molecule has 1 aromatic heterocycles. The highest BCUT2D eigenvalue weighted by molar-refractivity contribution is 5.92. The van der Waals surface area contributed by atoms with E-state index in [2.05, 4.69) is 31.2 Å². The monoisotopic (exact) mass is 292 g/mol. The van der Waals surface area contributed by atoms with Crippen LogP contribution in [0.5, 0.6) is 0 Å². The second-order valence-electron chi connectivity index (χ2n) is 6.45. The van der Waals surface area contributed by atoms with Gasteiger partial charge in [-0.3, -0.25) is 4.79 Å². The summed E-state index contributed by atoms with van der Waals surface area (Å²) in [7, 11) is 0. The molecule has 4 heteroatoms. The first kappa shape index (κ1) is 16.1. The van der Waals surface area contributed by atoms with E-state index in [0.29, 0.717) is 17.5 Å². The molecule has 2 rings (SSSR count). The first-order chi connectivity index (χ1) is 10.1. The van der Waals surface area contributed by atoms with Gasteiger partial charge in [-0.25, -0.2) is 0 Å². The lowest BCUT2D eigenvalue weighted by Crippen LogP contribution is -2.35. The van der Waals surface area contributed by atoms with E-state index in [9.17, 15) is 4.79 Å². The smallest absolute Gasteiger partial charge is 0.273 e. The third kappa shape index (κ3) is 4.87. The average Bonchev–Trinajstić information content (AvgIpc) is 3.21. The molecule has 118 valence electrons. The minimum Gasteiger partial charge on any atom is -0.360 e. The molecule has 1 saturated carbocycles. The SMILES string of the molecule is CCCC[C@@H](C)C[C@H](CC)NC(=O)c1cc(C2CC2)on1.